The fraction of sp³-hybridized carbons (Fsp3) is 0.364. The fourth-order valence-electron chi connectivity index (χ4n) is 0.778. The quantitative estimate of drug-likeness (QED) is 0.740. The maximum Gasteiger partial charge on any atom is 0.125 e. The van der Waals surface area contributed by atoms with E-state index in [1.54, 1.807) is 6.20 Å². The Morgan fingerprint density at radius 2 is 2.00 bits per heavy atom. The van der Waals surface area contributed by atoms with Crippen molar-refractivity contribution in [3.8, 4) is 12.1 Å². The average Bonchev–Trinajstić information content (AvgIpc) is 2.33. The molecule has 5 heteroatoms. The van der Waals surface area contributed by atoms with Crippen molar-refractivity contribution in [3.05, 3.63) is 24.4 Å². The largest absolute Gasteiger partial charge is 0.369 e. The van der Waals surface area contributed by atoms with Crippen LogP contribution in [0, 0.1) is 22.7 Å². The van der Waals surface area contributed by atoms with Crippen molar-refractivity contribution in [2.24, 2.45) is 5.73 Å². The van der Waals surface area contributed by atoms with Gasteiger partial charge >= 0.3 is 0 Å². The van der Waals surface area contributed by atoms with E-state index in [9.17, 15) is 0 Å². The lowest BCUT2D eigenvalue weighted by Crippen LogP contribution is -2.01. The first-order valence-electron chi connectivity index (χ1n) is 4.94. The Kier molecular flexibility index (Phi) is 9.52. The molecular formula is C11H15N5. The number of nitrogens with one attached hydrogen (secondary N) is 1. The molecule has 1 heterocycles. The van der Waals surface area contributed by atoms with Crippen LogP contribution in [0.2, 0.25) is 0 Å². The molecule has 0 atom stereocenters. The van der Waals surface area contributed by atoms with Crippen LogP contribution in [0.15, 0.2) is 24.4 Å². The maximum absolute atomic E-state index is 8.23. The molecule has 16 heavy (non-hydrogen) atoms. The molecule has 3 N–H and O–H groups in total. The van der Waals surface area contributed by atoms with Gasteiger partial charge in [0.1, 0.15) is 5.82 Å². The summed E-state index contributed by atoms with van der Waals surface area (Å²) in [7, 11) is 0. The number of hydrogen-bond donors (Lipinski definition) is 2. The molecule has 1 rings (SSSR count). The molecule has 0 radical (unpaired) electrons. The number of nitriles is 2. The zero-order valence-electron chi connectivity index (χ0n) is 9.06. The molecule has 0 unspecified atom stereocenters. The van der Waals surface area contributed by atoms with Gasteiger partial charge in [0.05, 0.1) is 18.6 Å². The molecule has 0 saturated heterocycles. The summed E-state index contributed by atoms with van der Waals surface area (Å²) < 4.78 is 0. The van der Waals surface area contributed by atoms with Gasteiger partial charge in [-0.25, -0.2) is 4.98 Å². The van der Waals surface area contributed by atoms with Gasteiger partial charge in [-0.15, -0.1) is 0 Å². The van der Waals surface area contributed by atoms with Crippen molar-refractivity contribution in [2.75, 3.05) is 18.4 Å². The minimum atomic E-state index is 0.472. The van der Waals surface area contributed by atoms with Crippen LogP contribution < -0.4 is 11.1 Å². The van der Waals surface area contributed by atoms with E-state index in [0.717, 1.165) is 5.82 Å². The highest BCUT2D eigenvalue weighted by atomic mass is 15.0. The Morgan fingerprint density at radius 1 is 1.25 bits per heavy atom. The highest BCUT2D eigenvalue weighted by molar-refractivity contribution is 5.32. The Morgan fingerprint density at radius 3 is 2.44 bits per heavy atom. The van der Waals surface area contributed by atoms with E-state index in [0.29, 0.717) is 25.9 Å². The number of nitrogens with zero attached hydrogens (tertiary/aromatic N) is 3. The van der Waals surface area contributed by atoms with Crippen molar-refractivity contribution in [3.63, 3.8) is 0 Å². The molecule has 0 amide bonds. The van der Waals surface area contributed by atoms with Crippen LogP contribution in [0.25, 0.3) is 0 Å². The van der Waals surface area contributed by atoms with E-state index >= 15 is 0 Å². The standard InChI is InChI=1S/C8H9N3.C3H6N2/c9-5-3-7-11-8-4-1-2-6-10-8;4-2-1-3-5/h1-2,4,6H,3,7H2,(H,10,11);1-2,4H2. The van der Waals surface area contributed by atoms with E-state index in [-0.39, 0.29) is 0 Å². The minimum absolute atomic E-state index is 0.472. The van der Waals surface area contributed by atoms with Gasteiger partial charge in [-0.2, -0.15) is 10.5 Å². The minimum Gasteiger partial charge on any atom is -0.369 e. The van der Waals surface area contributed by atoms with E-state index in [1.807, 2.05) is 30.3 Å². The Balaban J connectivity index is 0.000000385. The molecule has 0 aliphatic carbocycles. The molecule has 0 fully saturated rings. The lowest BCUT2D eigenvalue weighted by molar-refractivity contribution is 1.02. The van der Waals surface area contributed by atoms with Crippen LogP contribution in [0.3, 0.4) is 0 Å². The van der Waals surface area contributed by atoms with Crippen LogP contribution in [-0.2, 0) is 0 Å². The summed E-state index contributed by atoms with van der Waals surface area (Å²) in [5.41, 5.74) is 4.92. The second-order valence-electron chi connectivity index (χ2n) is 2.75. The third-order valence-corrected chi connectivity index (χ3v) is 1.46. The first kappa shape index (κ1) is 13.9. The average molecular weight is 217 g/mol. The molecular weight excluding hydrogens is 202 g/mol. The first-order chi connectivity index (χ1) is 7.85. The van der Waals surface area contributed by atoms with Crippen molar-refractivity contribution in [1.29, 1.82) is 10.5 Å². The summed E-state index contributed by atoms with van der Waals surface area (Å²) in [4.78, 5) is 4.03. The van der Waals surface area contributed by atoms with E-state index in [2.05, 4.69) is 10.3 Å². The molecule has 0 spiro atoms. The number of pyridine rings is 1. The number of hydrogen-bond acceptors (Lipinski definition) is 5. The molecule has 1 aromatic heterocycles. The second kappa shape index (κ2) is 11.0. The second-order valence-corrected chi connectivity index (χ2v) is 2.75. The van der Waals surface area contributed by atoms with Crippen LogP contribution in [0.1, 0.15) is 12.8 Å². The summed E-state index contributed by atoms with van der Waals surface area (Å²) in [6.45, 7) is 1.14. The van der Waals surface area contributed by atoms with E-state index in [4.69, 9.17) is 16.3 Å². The van der Waals surface area contributed by atoms with Gasteiger partial charge in [0.15, 0.2) is 0 Å². The van der Waals surface area contributed by atoms with Gasteiger partial charge in [0.25, 0.3) is 0 Å². The predicted molar refractivity (Wildman–Crippen MR) is 62.2 cm³/mol. The van der Waals surface area contributed by atoms with Crippen LogP contribution in [-0.4, -0.2) is 18.1 Å². The fourth-order valence-corrected chi connectivity index (χ4v) is 0.778. The van der Waals surface area contributed by atoms with E-state index in [1.165, 1.54) is 0 Å². The highest BCUT2D eigenvalue weighted by Gasteiger charge is 1.87. The van der Waals surface area contributed by atoms with Gasteiger partial charge < -0.3 is 11.1 Å². The molecule has 1 aromatic rings. The number of aromatic nitrogens is 1. The normalized spacial score (nSPS) is 7.94. The summed E-state index contributed by atoms with van der Waals surface area (Å²) in [5.74, 6) is 0.822. The zero-order valence-corrected chi connectivity index (χ0v) is 9.06. The van der Waals surface area contributed by atoms with Gasteiger partial charge in [-0.1, -0.05) is 6.07 Å². The Hall–Kier alpha value is -2.11. The summed E-state index contributed by atoms with van der Waals surface area (Å²) in [6, 6.07) is 9.57. The molecule has 0 aromatic carbocycles. The van der Waals surface area contributed by atoms with Crippen LogP contribution in [0.5, 0.6) is 0 Å². The Bertz CT molecular complexity index is 336. The monoisotopic (exact) mass is 217 g/mol. The zero-order chi connectivity index (χ0) is 12.1. The van der Waals surface area contributed by atoms with Crippen LogP contribution in [0.4, 0.5) is 5.82 Å². The van der Waals surface area contributed by atoms with E-state index < -0.39 is 0 Å². The van der Waals surface area contributed by atoms with Crippen LogP contribution >= 0.6 is 0 Å². The summed E-state index contributed by atoms with van der Waals surface area (Å²) in [6.07, 6.45) is 2.70. The molecule has 0 bridgehead atoms. The molecule has 0 saturated carbocycles. The van der Waals surface area contributed by atoms with Gasteiger partial charge in [-0.05, 0) is 12.1 Å². The lowest BCUT2D eigenvalue weighted by Gasteiger charge is -1.99. The molecule has 0 aliphatic rings. The highest BCUT2D eigenvalue weighted by Crippen LogP contribution is 1.98. The van der Waals surface area contributed by atoms with Gasteiger partial charge in [-0.3, -0.25) is 0 Å². The van der Waals surface area contributed by atoms with Crippen molar-refractivity contribution in [1.82, 2.24) is 4.98 Å². The topological polar surface area (TPSA) is 98.5 Å². The number of anilines is 1. The smallest absolute Gasteiger partial charge is 0.125 e. The number of rotatable bonds is 4. The van der Waals surface area contributed by atoms with Crippen molar-refractivity contribution in [2.45, 2.75) is 12.8 Å². The first-order valence-corrected chi connectivity index (χ1v) is 4.94. The Labute approximate surface area is 95.5 Å². The number of nitrogens with two attached hydrogens (primary N) is 1. The van der Waals surface area contributed by atoms with Gasteiger partial charge in [0, 0.05) is 25.7 Å². The summed E-state index contributed by atoms with van der Waals surface area (Å²) >= 11 is 0. The summed E-state index contributed by atoms with van der Waals surface area (Å²) in [5, 5.41) is 19.0. The SMILES string of the molecule is N#CCCN.N#CCCNc1ccccn1. The molecule has 84 valence electrons. The third kappa shape index (κ3) is 8.49. The van der Waals surface area contributed by atoms with Crippen molar-refractivity contribution < 1.29 is 0 Å². The maximum atomic E-state index is 8.23. The predicted octanol–water partition coefficient (Wildman–Crippen LogP) is 1.27. The van der Waals surface area contributed by atoms with Crippen molar-refractivity contribution >= 4 is 5.82 Å². The van der Waals surface area contributed by atoms with Gasteiger partial charge in [0.2, 0.25) is 0 Å². The lowest BCUT2D eigenvalue weighted by atomic mass is 10.4. The molecule has 5 nitrogen and oxygen atoms in total. The molecule has 0 aliphatic heterocycles. The third-order valence-electron chi connectivity index (χ3n) is 1.46.